The molecule has 1 aromatic heterocycles. The summed E-state index contributed by atoms with van der Waals surface area (Å²) in [5, 5.41) is 12.8. The molecule has 0 bridgehead atoms. The zero-order valence-corrected chi connectivity index (χ0v) is 16.1. The standard InChI is InChI=1S/C19H19ClN4OS/c1-13-3-7-15(8-4-13)18(25)21-11-17-22-23-19(24(17)2)26-12-14-5-9-16(20)10-6-14/h3-10H,11-12H2,1-2H3,(H,21,25). The third-order valence-electron chi connectivity index (χ3n) is 3.93. The lowest BCUT2D eigenvalue weighted by Crippen LogP contribution is -2.24. The van der Waals surface area contributed by atoms with Crippen LogP contribution in [0.15, 0.2) is 53.7 Å². The smallest absolute Gasteiger partial charge is 0.251 e. The highest BCUT2D eigenvalue weighted by atomic mass is 35.5. The highest BCUT2D eigenvalue weighted by Crippen LogP contribution is 2.22. The van der Waals surface area contributed by atoms with Crippen molar-refractivity contribution >= 4 is 29.3 Å². The lowest BCUT2D eigenvalue weighted by atomic mass is 10.1. The van der Waals surface area contributed by atoms with Gasteiger partial charge in [-0.1, -0.05) is 53.2 Å². The van der Waals surface area contributed by atoms with Gasteiger partial charge >= 0.3 is 0 Å². The number of carbonyl (C=O) groups is 1. The highest BCUT2D eigenvalue weighted by Gasteiger charge is 2.11. The zero-order valence-electron chi connectivity index (χ0n) is 14.6. The molecule has 0 aliphatic rings. The predicted octanol–water partition coefficient (Wildman–Crippen LogP) is 4.00. The Morgan fingerprint density at radius 3 is 2.50 bits per heavy atom. The minimum atomic E-state index is -0.122. The van der Waals surface area contributed by atoms with Crippen LogP contribution in [-0.2, 0) is 19.3 Å². The van der Waals surface area contributed by atoms with Gasteiger partial charge in [0.1, 0.15) is 0 Å². The van der Waals surface area contributed by atoms with Crippen LogP contribution in [0.2, 0.25) is 5.02 Å². The minimum absolute atomic E-state index is 0.122. The van der Waals surface area contributed by atoms with E-state index in [9.17, 15) is 4.79 Å². The second kappa shape index (κ2) is 8.38. The Kier molecular flexibility index (Phi) is 5.96. The summed E-state index contributed by atoms with van der Waals surface area (Å²) in [4.78, 5) is 12.2. The summed E-state index contributed by atoms with van der Waals surface area (Å²) in [5.41, 5.74) is 2.92. The van der Waals surface area contributed by atoms with Crippen LogP contribution >= 0.6 is 23.4 Å². The second-order valence-corrected chi connectivity index (χ2v) is 7.30. The number of amides is 1. The molecule has 0 saturated heterocycles. The molecule has 1 N–H and O–H groups in total. The molecular formula is C19H19ClN4OS. The summed E-state index contributed by atoms with van der Waals surface area (Å²) in [6, 6.07) is 15.2. The fourth-order valence-corrected chi connectivity index (χ4v) is 3.33. The van der Waals surface area contributed by atoms with E-state index in [1.54, 1.807) is 11.8 Å². The molecule has 0 saturated carbocycles. The molecule has 0 spiro atoms. The Labute approximate surface area is 161 Å². The first kappa shape index (κ1) is 18.5. The molecule has 0 fully saturated rings. The molecule has 2 aromatic carbocycles. The number of carbonyl (C=O) groups excluding carboxylic acids is 1. The predicted molar refractivity (Wildman–Crippen MR) is 104 cm³/mol. The average molecular weight is 387 g/mol. The fraction of sp³-hybridized carbons (Fsp3) is 0.211. The van der Waals surface area contributed by atoms with Gasteiger partial charge in [-0.15, -0.1) is 10.2 Å². The maximum Gasteiger partial charge on any atom is 0.251 e. The maximum absolute atomic E-state index is 12.2. The summed E-state index contributed by atoms with van der Waals surface area (Å²) in [6.45, 7) is 2.32. The Morgan fingerprint density at radius 1 is 1.12 bits per heavy atom. The molecule has 3 aromatic rings. The van der Waals surface area contributed by atoms with Crippen molar-refractivity contribution in [2.75, 3.05) is 0 Å². The van der Waals surface area contributed by atoms with Gasteiger partial charge in [-0.25, -0.2) is 0 Å². The third-order valence-corrected chi connectivity index (χ3v) is 5.27. The lowest BCUT2D eigenvalue weighted by molar-refractivity contribution is 0.0949. The van der Waals surface area contributed by atoms with Crippen molar-refractivity contribution in [3.8, 4) is 0 Å². The van der Waals surface area contributed by atoms with Gasteiger partial charge in [0, 0.05) is 23.4 Å². The highest BCUT2D eigenvalue weighted by molar-refractivity contribution is 7.98. The van der Waals surface area contributed by atoms with Crippen molar-refractivity contribution in [3.05, 3.63) is 76.1 Å². The number of aryl methyl sites for hydroxylation is 1. The molecular weight excluding hydrogens is 368 g/mol. The van der Waals surface area contributed by atoms with E-state index in [1.165, 1.54) is 0 Å². The normalized spacial score (nSPS) is 10.7. The van der Waals surface area contributed by atoms with Crippen molar-refractivity contribution in [3.63, 3.8) is 0 Å². The molecule has 1 heterocycles. The first-order valence-electron chi connectivity index (χ1n) is 8.13. The number of nitrogens with zero attached hydrogens (tertiary/aromatic N) is 3. The van der Waals surface area contributed by atoms with Gasteiger partial charge in [0.2, 0.25) is 0 Å². The molecule has 0 aliphatic heterocycles. The number of nitrogens with one attached hydrogen (secondary N) is 1. The van der Waals surface area contributed by atoms with E-state index >= 15 is 0 Å². The van der Waals surface area contributed by atoms with Gasteiger partial charge in [-0.3, -0.25) is 4.79 Å². The largest absolute Gasteiger partial charge is 0.345 e. The number of hydrogen-bond donors (Lipinski definition) is 1. The lowest BCUT2D eigenvalue weighted by Gasteiger charge is -2.06. The molecule has 1 amide bonds. The van der Waals surface area contributed by atoms with E-state index in [4.69, 9.17) is 11.6 Å². The van der Waals surface area contributed by atoms with Crippen LogP contribution < -0.4 is 5.32 Å². The Morgan fingerprint density at radius 2 is 1.81 bits per heavy atom. The summed E-state index contributed by atoms with van der Waals surface area (Å²) in [7, 11) is 1.90. The minimum Gasteiger partial charge on any atom is -0.345 e. The van der Waals surface area contributed by atoms with Gasteiger partial charge in [0.25, 0.3) is 5.91 Å². The summed E-state index contributed by atoms with van der Waals surface area (Å²) in [5.74, 6) is 1.37. The van der Waals surface area contributed by atoms with Crippen molar-refractivity contribution in [1.29, 1.82) is 0 Å². The summed E-state index contributed by atoms with van der Waals surface area (Å²) < 4.78 is 1.90. The van der Waals surface area contributed by atoms with E-state index in [1.807, 2.05) is 67.1 Å². The molecule has 0 aliphatic carbocycles. The number of rotatable bonds is 6. The van der Waals surface area contributed by atoms with Crippen molar-refractivity contribution < 1.29 is 4.79 Å². The van der Waals surface area contributed by atoms with Crippen LogP contribution in [-0.4, -0.2) is 20.7 Å². The van der Waals surface area contributed by atoms with E-state index in [0.717, 1.165) is 27.1 Å². The van der Waals surface area contributed by atoms with Gasteiger partial charge in [-0.2, -0.15) is 0 Å². The number of halogens is 1. The molecule has 3 rings (SSSR count). The van der Waals surface area contributed by atoms with Crippen LogP contribution in [0.5, 0.6) is 0 Å². The quantitative estimate of drug-likeness (QED) is 0.650. The van der Waals surface area contributed by atoms with Crippen LogP contribution in [0.1, 0.15) is 27.3 Å². The first-order valence-corrected chi connectivity index (χ1v) is 9.49. The average Bonchev–Trinajstić information content (AvgIpc) is 3.00. The molecule has 26 heavy (non-hydrogen) atoms. The number of hydrogen-bond acceptors (Lipinski definition) is 4. The topological polar surface area (TPSA) is 59.8 Å². The summed E-state index contributed by atoms with van der Waals surface area (Å²) >= 11 is 7.49. The molecule has 0 atom stereocenters. The summed E-state index contributed by atoms with van der Waals surface area (Å²) in [6.07, 6.45) is 0. The van der Waals surface area contributed by atoms with E-state index in [0.29, 0.717) is 17.9 Å². The van der Waals surface area contributed by atoms with Gasteiger partial charge < -0.3 is 9.88 Å². The number of thioether (sulfide) groups is 1. The van der Waals surface area contributed by atoms with Crippen LogP contribution in [0.25, 0.3) is 0 Å². The Bertz CT molecular complexity index is 891. The van der Waals surface area contributed by atoms with Crippen molar-refractivity contribution in [2.45, 2.75) is 24.4 Å². The van der Waals surface area contributed by atoms with Crippen molar-refractivity contribution in [2.24, 2.45) is 7.05 Å². The first-order chi connectivity index (χ1) is 12.5. The third kappa shape index (κ3) is 4.65. The van der Waals surface area contributed by atoms with Crippen LogP contribution in [0.3, 0.4) is 0 Å². The van der Waals surface area contributed by atoms with Gasteiger partial charge in [-0.05, 0) is 36.8 Å². The van der Waals surface area contributed by atoms with Crippen molar-refractivity contribution in [1.82, 2.24) is 20.1 Å². The zero-order chi connectivity index (χ0) is 18.5. The van der Waals surface area contributed by atoms with E-state index in [2.05, 4.69) is 15.5 Å². The maximum atomic E-state index is 12.2. The van der Waals surface area contributed by atoms with E-state index in [-0.39, 0.29) is 5.91 Å². The fourth-order valence-electron chi connectivity index (χ4n) is 2.32. The van der Waals surface area contributed by atoms with Crippen LogP contribution in [0.4, 0.5) is 0 Å². The van der Waals surface area contributed by atoms with Gasteiger partial charge in [0.15, 0.2) is 11.0 Å². The van der Waals surface area contributed by atoms with Crippen LogP contribution in [0, 0.1) is 6.92 Å². The Hall–Kier alpha value is -2.31. The van der Waals surface area contributed by atoms with Gasteiger partial charge in [0.05, 0.1) is 6.54 Å². The number of benzene rings is 2. The molecule has 0 radical (unpaired) electrons. The molecule has 7 heteroatoms. The van der Waals surface area contributed by atoms with E-state index < -0.39 is 0 Å². The Balaban J connectivity index is 1.57. The molecule has 134 valence electrons. The SMILES string of the molecule is Cc1ccc(C(=O)NCc2nnc(SCc3ccc(Cl)cc3)n2C)cc1. The molecule has 5 nitrogen and oxygen atoms in total. The molecule has 0 unspecified atom stereocenters. The monoisotopic (exact) mass is 386 g/mol. The second-order valence-electron chi connectivity index (χ2n) is 5.92. The number of aromatic nitrogens is 3.